The van der Waals surface area contributed by atoms with Crippen LogP contribution in [0.15, 0.2) is 24.3 Å². The summed E-state index contributed by atoms with van der Waals surface area (Å²) in [5.74, 6) is 1.05. The molecule has 0 aromatic heterocycles. The summed E-state index contributed by atoms with van der Waals surface area (Å²) in [4.78, 5) is 26.6. The molecule has 134 valence electrons. The molecule has 0 radical (unpaired) electrons. The number of hydrogen-bond acceptors (Lipinski definition) is 3. The molecule has 0 aliphatic carbocycles. The Morgan fingerprint density at radius 3 is 2.25 bits per heavy atom. The molecule has 2 amide bonds. The first-order chi connectivity index (χ1) is 11.4. The number of hydrogen-bond donors (Lipinski definition) is 1. The summed E-state index contributed by atoms with van der Waals surface area (Å²) in [6.07, 6.45) is 0.968. The lowest BCUT2D eigenvalue weighted by atomic mass is 10.1. The van der Waals surface area contributed by atoms with Gasteiger partial charge in [-0.1, -0.05) is 39.8 Å². The van der Waals surface area contributed by atoms with Crippen LogP contribution in [0.25, 0.3) is 0 Å². The van der Waals surface area contributed by atoms with Gasteiger partial charge >= 0.3 is 0 Å². The highest BCUT2D eigenvalue weighted by molar-refractivity contribution is 5.87. The molecule has 0 saturated heterocycles. The number of methoxy groups -OCH3 is 1. The predicted octanol–water partition coefficient (Wildman–Crippen LogP) is 2.98. The first kappa shape index (κ1) is 20.0. The van der Waals surface area contributed by atoms with Crippen LogP contribution < -0.4 is 10.1 Å². The van der Waals surface area contributed by atoms with Crippen LogP contribution >= 0.6 is 0 Å². The number of amides is 2. The van der Waals surface area contributed by atoms with Crippen molar-refractivity contribution in [3.05, 3.63) is 29.8 Å². The van der Waals surface area contributed by atoms with Gasteiger partial charge in [0.1, 0.15) is 11.8 Å². The molecule has 1 aromatic carbocycles. The van der Waals surface area contributed by atoms with Gasteiger partial charge in [0.2, 0.25) is 11.8 Å². The fraction of sp³-hybridized carbons (Fsp3) is 0.579. The van der Waals surface area contributed by atoms with E-state index in [1.54, 1.807) is 12.0 Å². The first-order valence-electron chi connectivity index (χ1n) is 8.62. The minimum Gasteiger partial charge on any atom is -0.497 e. The maximum absolute atomic E-state index is 12.5. The zero-order chi connectivity index (χ0) is 18.1. The number of benzene rings is 1. The molecule has 0 saturated carbocycles. The maximum atomic E-state index is 12.5. The molecular weight excluding hydrogens is 304 g/mol. The molecule has 0 heterocycles. The van der Waals surface area contributed by atoms with Gasteiger partial charge in [-0.15, -0.1) is 0 Å². The van der Waals surface area contributed by atoms with Crippen LogP contribution in [0.4, 0.5) is 0 Å². The Hall–Kier alpha value is -2.04. The van der Waals surface area contributed by atoms with Crippen LogP contribution in [-0.2, 0) is 16.1 Å². The minimum absolute atomic E-state index is 0.0163. The standard InChI is InChI=1S/C19H30N2O3/c1-6-17(19(23)20-12-14(3)4)21(18(22)7-2)13-15-8-10-16(24-5)11-9-15/h8-11,14,17H,6-7,12-13H2,1-5H3,(H,20,23)/t17-/m1/s1. The van der Waals surface area contributed by atoms with Gasteiger partial charge in [-0.2, -0.15) is 0 Å². The molecule has 1 aromatic rings. The highest BCUT2D eigenvalue weighted by Crippen LogP contribution is 2.16. The van der Waals surface area contributed by atoms with Gasteiger partial charge in [0.25, 0.3) is 0 Å². The quantitative estimate of drug-likeness (QED) is 0.755. The van der Waals surface area contributed by atoms with Crippen LogP contribution in [0.5, 0.6) is 5.75 Å². The third kappa shape index (κ3) is 5.87. The van der Waals surface area contributed by atoms with E-state index in [4.69, 9.17) is 4.74 Å². The number of rotatable bonds is 9. The van der Waals surface area contributed by atoms with Gasteiger partial charge in [0.05, 0.1) is 7.11 Å². The summed E-state index contributed by atoms with van der Waals surface area (Å²) < 4.78 is 5.16. The van der Waals surface area contributed by atoms with E-state index >= 15 is 0 Å². The van der Waals surface area contributed by atoms with Crippen LogP contribution in [0, 0.1) is 5.92 Å². The van der Waals surface area contributed by atoms with Gasteiger partial charge in [0, 0.05) is 19.5 Å². The molecule has 5 heteroatoms. The van der Waals surface area contributed by atoms with Gasteiger partial charge < -0.3 is 15.0 Å². The number of nitrogens with zero attached hydrogens (tertiary/aromatic N) is 1. The Bertz CT molecular complexity index is 526. The lowest BCUT2D eigenvalue weighted by molar-refractivity contribution is -0.141. The van der Waals surface area contributed by atoms with Crippen molar-refractivity contribution in [3.8, 4) is 5.75 Å². The van der Waals surface area contributed by atoms with Crippen molar-refractivity contribution in [2.75, 3.05) is 13.7 Å². The molecule has 5 nitrogen and oxygen atoms in total. The van der Waals surface area contributed by atoms with E-state index in [1.807, 2.05) is 52.0 Å². The van der Waals surface area contributed by atoms with Crippen molar-refractivity contribution < 1.29 is 14.3 Å². The Morgan fingerprint density at radius 1 is 1.17 bits per heavy atom. The molecule has 0 bridgehead atoms. The molecular formula is C19H30N2O3. The van der Waals surface area contributed by atoms with Crippen molar-refractivity contribution in [2.45, 2.75) is 53.1 Å². The Kier molecular flexibility index (Phi) is 8.30. The third-order valence-electron chi connectivity index (χ3n) is 3.88. The number of nitrogens with one attached hydrogen (secondary N) is 1. The average molecular weight is 334 g/mol. The van der Waals surface area contributed by atoms with Crippen molar-refractivity contribution in [1.29, 1.82) is 0 Å². The van der Waals surface area contributed by atoms with E-state index < -0.39 is 6.04 Å². The zero-order valence-corrected chi connectivity index (χ0v) is 15.5. The fourth-order valence-corrected chi connectivity index (χ4v) is 2.47. The predicted molar refractivity (Wildman–Crippen MR) is 95.8 cm³/mol. The second-order valence-electron chi connectivity index (χ2n) is 6.29. The second-order valence-corrected chi connectivity index (χ2v) is 6.29. The highest BCUT2D eigenvalue weighted by Gasteiger charge is 2.27. The largest absolute Gasteiger partial charge is 0.497 e. The molecule has 0 aliphatic heterocycles. The minimum atomic E-state index is -0.446. The Morgan fingerprint density at radius 2 is 1.79 bits per heavy atom. The lowest BCUT2D eigenvalue weighted by Crippen LogP contribution is -2.49. The van der Waals surface area contributed by atoms with Crippen molar-refractivity contribution in [2.24, 2.45) is 5.92 Å². The van der Waals surface area contributed by atoms with E-state index in [-0.39, 0.29) is 11.8 Å². The van der Waals surface area contributed by atoms with Crippen LogP contribution in [0.3, 0.4) is 0 Å². The summed E-state index contributed by atoms with van der Waals surface area (Å²) in [7, 11) is 1.62. The van der Waals surface area contributed by atoms with Gasteiger partial charge in [-0.25, -0.2) is 0 Å². The van der Waals surface area contributed by atoms with Crippen LogP contribution in [0.2, 0.25) is 0 Å². The lowest BCUT2D eigenvalue weighted by Gasteiger charge is -2.30. The zero-order valence-electron chi connectivity index (χ0n) is 15.5. The van der Waals surface area contributed by atoms with E-state index in [2.05, 4.69) is 5.32 Å². The SMILES string of the molecule is CCC(=O)N(Cc1ccc(OC)cc1)[C@H](CC)C(=O)NCC(C)C. The van der Waals surface area contributed by atoms with E-state index in [0.29, 0.717) is 31.8 Å². The summed E-state index contributed by atoms with van der Waals surface area (Å²) in [5.41, 5.74) is 0.979. The van der Waals surface area contributed by atoms with E-state index in [0.717, 1.165) is 11.3 Å². The fourth-order valence-electron chi connectivity index (χ4n) is 2.47. The maximum Gasteiger partial charge on any atom is 0.242 e. The first-order valence-corrected chi connectivity index (χ1v) is 8.62. The Labute approximate surface area is 145 Å². The molecule has 0 aliphatic rings. The van der Waals surface area contributed by atoms with E-state index in [1.165, 1.54) is 0 Å². The molecule has 1 N–H and O–H groups in total. The summed E-state index contributed by atoms with van der Waals surface area (Å²) in [5, 5.41) is 2.94. The van der Waals surface area contributed by atoms with Crippen LogP contribution in [0.1, 0.15) is 46.1 Å². The van der Waals surface area contributed by atoms with E-state index in [9.17, 15) is 9.59 Å². The van der Waals surface area contributed by atoms with Crippen LogP contribution in [-0.4, -0.2) is 36.4 Å². The highest BCUT2D eigenvalue weighted by atomic mass is 16.5. The molecule has 0 unspecified atom stereocenters. The van der Waals surface area contributed by atoms with Gasteiger partial charge in [-0.3, -0.25) is 9.59 Å². The third-order valence-corrected chi connectivity index (χ3v) is 3.88. The molecule has 0 fully saturated rings. The number of carbonyl (C=O) groups excluding carboxylic acids is 2. The molecule has 0 spiro atoms. The number of carbonyl (C=O) groups is 2. The van der Waals surface area contributed by atoms with Crippen molar-refractivity contribution >= 4 is 11.8 Å². The molecule has 1 atom stereocenters. The van der Waals surface area contributed by atoms with Crippen molar-refractivity contribution in [3.63, 3.8) is 0 Å². The summed E-state index contributed by atoms with van der Waals surface area (Å²) in [6.45, 7) is 8.89. The van der Waals surface area contributed by atoms with Crippen molar-refractivity contribution in [1.82, 2.24) is 10.2 Å². The summed E-state index contributed by atoms with van der Waals surface area (Å²) >= 11 is 0. The normalized spacial score (nSPS) is 11.9. The Balaban J connectivity index is 2.91. The monoisotopic (exact) mass is 334 g/mol. The average Bonchev–Trinajstić information content (AvgIpc) is 2.59. The summed E-state index contributed by atoms with van der Waals surface area (Å²) in [6, 6.07) is 7.13. The number of ether oxygens (including phenoxy) is 1. The molecule has 24 heavy (non-hydrogen) atoms. The van der Waals surface area contributed by atoms with Gasteiger partial charge in [-0.05, 0) is 30.0 Å². The smallest absolute Gasteiger partial charge is 0.242 e. The van der Waals surface area contributed by atoms with Gasteiger partial charge in [0.15, 0.2) is 0 Å². The topological polar surface area (TPSA) is 58.6 Å². The second kappa shape index (κ2) is 9.96. The molecule has 1 rings (SSSR count).